The summed E-state index contributed by atoms with van der Waals surface area (Å²) in [5.41, 5.74) is 4.47. The lowest BCUT2D eigenvalue weighted by molar-refractivity contribution is 0.356. The Kier molecular flexibility index (Phi) is 5.00. The van der Waals surface area contributed by atoms with Crippen molar-refractivity contribution in [2.75, 3.05) is 24.8 Å². The molecule has 2 aromatic carbocycles. The molecule has 4 rings (SSSR count). The molecule has 0 aliphatic carbocycles. The second kappa shape index (κ2) is 7.35. The van der Waals surface area contributed by atoms with Crippen molar-refractivity contribution in [1.82, 2.24) is 4.98 Å². The summed E-state index contributed by atoms with van der Waals surface area (Å²) in [6.45, 7) is 1.93. The number of thiazole rings is 1. The second-order valence-corrected chi connectivity index (χ2v) is 9.75. The molecule has 8 heteroatoms. The third-order valence-electron chi connectivity index (χ3n) is 5.02. The zero-order valence-corrected chi connectivity index (χ0v) is 18.3. The minimum absolute atomic E-state index is 0.0812. The van der Waals surface area contributed by atoms with E-state index in [0.29, 0.717) is 17.9 Å². The number of benzene rings is 2. The van der Waals surface area contributed by atoms with E-state index in [4.69, 9.17) is 14.5 Å². The summed E-state index contributed by atoms with van der Waals surface area (Å²) >= 11 is 1.53. The Balaban J connectivity index is 1.72. The Morgan fingerprint density at radius 2 is 1.97 bits per heavy atom. The number of para-hydroxylation sites is 1. The van der Waals surface area contributed by atoms with Crippen LogP contribution in [0.1, 0.15) is 12.5 Å². The van der Waals surface area contributed by atoms with Crippen LogP contribution in [0.5, 0.6) is 11.5 Å². The van der Waals surface area contributed by atoms with Gasteiger partial charge in [0.25, 0.3) is 0 Å². The molecule has 1 aliphatic rings. The molecule has 0 fully saturated rings. The Morgan fingerprint density at radius 1 is 1.17 bits per heavy atom. The van der Waals surface area contributed by atoms with Crippen LogP contribution in [-0.2, 0) is 16.4 Å². The van der Waals surface area contributed by atoms with E-state index in [9.17, 15) is 8.42 Å². The van der Waals surface area contributed by atoms with Crippen molar-refractivity contribution in [2.24, 2.45) is 0 Å². The topological polar surface area (TPSA) is 68.7 Å². The molecule has 29 heavy (non-hydrogen) atoms. The molecular weight excluding hydrogens is 408 g/mol. The quantitative estimate of drug-likeness (QED) is 0.607. The van der Waals surface area contributed by atoms with Crippen molar-refractivity contribution < 1.29 is 17.9 Å². The Morgan fingerprint density at radius 3 is 2.66 bits per heavy atom. The molecule has 0 amide bonds. The van der Waals surface area contributed by atoms with Crippen LogP contribution in [0.3, 0.4) is 0 Å². The normalized spacial score (nSPS) is 16.0. The Bertz CT molecular complexity index is 1170. The van der Waals surface area contributed by atoms with Gasteiger partial charge in [0.2, 0.25) is 10.0 Å². The van der Waals surface area contributed by atoms with Gasteiger partial charge in [0.15, 0.2) is 11.5 Å². The van der Waals surface area contributed by atoms with E-state index < -0.39 is 10.0 Å². The molecule has 1 unspecified atom stereocenters. The predicted molar refractivity (Wildman–Crippen MR) is 117 cm³/mol. The summed E-state index contributed by atoms with van der Waals surface area (Å²) in [5, 5.41) is 2.84. The smallest absolute Gasteiger partial charge is 0.232 e. The summed E-state index contributed by atoms with van der Waals surface area (Å²) < 4.78 is 36.7. The summed E-state index contributed by atoms with van der Waals surface area (Å²) in [7, 11) is -0.0674. The third-order valence-corrected chi connectivity index (χ3v) is 7.17. The average Bonchev–Trinajstić information content (AvgIpc) is 3.29. The minimum Gasteiger partial charge on any atom is -0.493 e. The van der Waals surface area contributed by atoms with Crippen LogP contribution >= 0.6 is 11.3 Å². The van der Waals surface area contributed by atoms with Crippen molar-refractivity contribution in [3.05, 3.63) is 47.3 Å². The molecule has 1 aromatic heterocycles. The highest BCUT2D eigenvalue weighted by molar-refractivity contribution is 7.92. The van der Waals surface area contributed by atoms with Crippen LogP contribution in [0.15, 0.2) is 41.8 Å². The summed E-state index contributed by atoms with van der Waals surface area (Å²) in [6.07, 6.45) is 1.94. The first-order valence-electron chi connectivity index (χ1n) is 9.13. The van der Waals surface area contributed by atoms with Crippen LogP contribution < -0.4 is 13.8 Å². The standard InChI is InChI=1S/C21H22N2O4S2/c1-13-10-15-11-14(8-9-18(15)23(13)29(4,24)25)17-12-28-21(22-17)16-6-5-7-19(26-2)20(16)27-3/h5-9,11-13H,10H2,1-4H3. The number of ether oxygens (including phenoxy) is 2. The van der Waals surface area contributed by atoms with E-state index in [1.54, 1.807) is 14.2 Å². The number of sulfonamides is 1. The van der Waals surface area contributed by atoms with Crippen LogP contribution in [0.25, 0.3) is 21.8 Å². The summed E-state index contributed by atoms with van der Waals surface area (Å²) in [6, 6.07) is 11.5. The molecule has 0 bridgehead atoms. The molecule has 0 radical (unpaired) electrons. The zero-order valence-electron chi connectivity index (χ0n) is 16.7. The molecule has 3 aromatic rings. The first-order chi connectivity index (χ1) is 13.8. The minimum atomic E-state index is -3.29. The summed E-state index contributed by atoms with van der Waals surface area (Å²) in [4.78, 5) is 4.80. The second-order valence-electron chi connectivity index (χ2n) is 7.03. The van der Waals surface area contributed by atoms with Crippen molar-refractivity contribution in [1.29, 1.82) is 0 Å². The average molecular weight is 431 g/mol. The van der Waals surface area contributed by atoms with Gasteiger partial charge in [-0.25, -0.2) is 13.4 Å². The van der Waals surface area contributed by atoms with Crippen molar-refractivity contribution in [2.45, 2.75) is 19.4 Å². The maximum atomic E-state index is 12.1. The number of hydrogen-bond donors (Lipinski definition) is 0. The Hall–Kier alpha value is -2.58. The molecular formula is C21H22N2O4S2. The number of aromatic nitrogens is 1. The van der Waals surface area contributed by atoms with Gasteiger partial charge in [-0.1, -0.05) is 12.1 Å². The molecule has 0 N–H and O–H groups in total. The first kappa shape index (κ1) is 19.7. The largest absolute Gasteiger partial charge is 0.493 e. The van der Waals surface area contributed by atoms with Crippen LogP contribution in [0, 0.1) is 0 Å². The molecule has 0 saturated carbocycles. The molecule has 152 valence electrons. The van der Waals surface area contributed by atoms with Gasteiger partial charge in [0.05, 0.1) is 37.4 Å². The molecule has 2 heterocycles. The predicted octanol–water partition coefficient (Wildman–Crippen LogP) is 4.20. The summed E-state index contributed by atoms with van der Waals surface area (Å²) in [5.74, 6) is 1.32. The molecule has 6 nitrogen and oxygen atoms in total. The monoisotopic (exact) mass is 430 g/mol. The molecule has 1 aliphatic heterocycles. The molecule has 0 saturated heterocycles. The number of rotatable bonds is 5. The van der Waals surface area contributed by atoms with Crippen molar-refractivity contribution in [3.63, 3.8) is 0 Å². The van der Waals surface area contributed by atoms with E-state index in [2.05, 4.69) is 0 Å². The van der Waals surface area contributed by atoms with Gasteiger partial charge in [0.1, 0.15) is 5.01 Å². The number of methoxy groups -OCH3 is 2. The van der Waals surface area contributed by atoms with Gasteiger partial charge in [-0.3, -0.25) is 4.31 Å². The van der Waals surface area contributed by atoms with Crippen LogP contribution in [0.4, 0.5) is 5.69 Å². The number of fused-ring (bicyclic) bond motifs is 1. The van der Waals surface area contributed by atoms with Gasteiger partial charge in [-0.05, 0) is 43.2 Å². The molecule has 1 atom stereocenters. The van der Waals surface area contributed by atoms with Gasteiger partial charge in [-0.2, -0.15) is 0 Å². The fourth-order valence-electron chi connectivity index (χ4n) is 3.85. The van der Waals surface area contributed by atoms with E-state index in [-0.39, 0.29) is 6.04 Å². The van der Waals surface area contributed by atoms with E-state index in [1.807, 2.05) is 48.7 Å². The highest BCUT2D eigenvalue weighted by Crippen LogP contribution is 2.41. The van der Waals surface area contributed by atoms with Crippen molar-refractivity contribution in [3.8, 4) is 33.3 Å². The van der Waals surface area contributed by atoms with Crippen molar-refractivity contribution >= 4 is 27.0 Å². The maximum Gasteiger partial charge on any atom is 0.232 e. The first-order valence-corrected chi connectivity index (χ1v) is 11.9. The fourth-order valence-corrected chi connectivity index (χ4v) is 5.97. The number of anilines is 1. The maximum absolute atomic E-state index is 12.1. The zero-order chi connectivity index (χ0) is 20.8. The number of hydrogen-bond acceptors (Lipinski definition) is 6. The van der Waals surface area contributed by atoms with Gasteiger partial charge >= 0.3 is 0 Å². The highest BCUT2D eigenvalue weighted by atomic mass is 32.2. The SMILES string of the molecule is COc1cccc(-c2nc(-c3ccc4c(c3)CC(C)N4S(C)(=O)=O)cs2)c1OC. The van der Waals surface area contributed by atoms with Gasteiger partial charge in [0, 0.05) is 17.0 Å². The lowest BCUT2D eigenvalue weighted by Crippen LogP contribution is -2.34. The third kappa shape index (κ3) is 3.47. The van der Waals surface area contributed by atoms with Crippen LogP contribution in [-0.4, -0.2) is 39.9 Å². The van der Waals surface area contributed by atoms with E-state index in [0.717, 1.165) is 33.1 Å². The lowest BCUT2D eigenvalue weighted by Gasteiger charge is -2.21. The van der Waals surface area contributed by atoms with Gasteiger partial charge < -0.3 is 9.47 Å². The van der Waals surface area contributed by atoms with Gasteiger partial charge in [-0.15, -0.1) is 11.3 Å². The highest BCUT2D eigenvalue weighted by Gasteiger charge is 2.32. The van der Waals surface area contributed by atoms with Crippen LogP contribution in [0.2, 0.25) is 0 Å². The van der Waals surface area contributed by atoms with E-state index >= 15 is 0 Å². The lowest BCUT2D eigenvalue weighted by atomic mass is 10.1. The Labute approximate surface area is 174 Å². The number of nitrogens with zero attached hydrogens (tertiary/aromatic N) is 2. The fraction of sp³-hybridized carbons (Fsp3) is 0.286. The molecule has 0 spiro atoms. The van der Waals surface area contributed by atoms with E-state index in [1.165, 1.54) is 21.9 Å².